The number of anilines is 1. The molecule has 2 rings (SSSR count). The zero-order chi connectivity index (χ0) is 11.5. The molecule has 0 radical (unpaired) electrons. The fraction of sp³-hybridized carbons (Fsp3) is 0.615. The predicted molar refractivity (Wildman–Crippen MR) is 72.2 cm³/mol. The van der Waals surface area contributed by atoms with E-state index in [9.17, 15) is 0 Å². The molecule has 0 atom stereocenters. The lowest BCUT2D eigenvalue weighted by atomic mass is 10.2. The van der Waals surface area contributed by atoms with Gasteiger partial charge in [-0.05, 0) is 43.7 Å². The molecule has 1 saturated carbocycles. The smallest absolute Gasteiger partial charge is 0.131 e. The van der Waals surface area contributed by atoms with E-state index in [4.69, 9.17) is 0 Å². The molecule has 16 heavy (non-hydrogen) atoms. The van der Waals surface area contributed by atoms with E-state index in [0.717, 1.165) is 17.8 Å². The molecule has 0 unspecified atom stereocenters. The van der Waals surface area contributed by atoms with E-state index in [-0.39, 0.29) is 0 Å². The average molecular weight is 283 g/mol. The summed E-state index contributed by atoms with van der Waals surface area (Å²) in [5.41, 5.74) is 2.54. The first kappa shape index (κ1) is 11.9. The SMILES string of the molecule is CCN(CC1CC1)c1ncc(CBr)cc1C. The van der Waals surface area contributed by atoms with Gasteiger partial charge < -0.3 is 4.90 Å². The lowest BCUT2D eigenvalue weighted by Crippen LogP contribution is -2.27. The highest BCUT2D eigenvalue weighted by atomic mass is 79.9. The Labute approximate surface area is 106 Å². The first-order valence-corrected chi connectivity index (χ1v) is 7.13. The van der Waals surface area contributed by atoms with Gasteiger partial charge in [-0.15, -0.1) is 0 Å². The third kappa shape index (κ3) is 2.76. The Morgan fingerprint density at radius 3 is 2.75 bits per heavy atom. The van der Waals surface area contributed by atoms with E-state index in [1.54, 1.807) is 0 Å². The van der Waals surface area contributed by atoms with Crippen LogP contribution in [0.2, 0.25) is 0 Å². The fourth-order valence-corrected chi connectivity index (χ4v) is 2.31. The highest BCUT2D eigenvalue weighted by molar-refractivity contribution is 9.08. The molecule has 0 N–H and O–H groups in total. The summed E-state index contributed by atoms with van der Waals surface area (Å²) >= 11 is 3.47. The van der Waals surface area contributed by atoms with Crippen LogP contribution in [-0.2, 0) is 5.33 Å². The molecule has 0 spiro atoms. The van der Waals surface area contributed by atoms with Crippen LogP contribution in [0.25, 0.3) is 0 Å². The van der Waals surface area contributed by atoms with Gasteiger partial charge in [0, 0.05) is 24.6 Å². The molecular formula is C13H19BrN2. The Morgan fingerprint density at radius 2 is 2.25 bits per heavy atom. The van der Waals surface area contributed by atoms with Gasteiger partial charge in [-0.1, -0.05) is 22.0 Å². The third-order valence-electron chi connectivity index (χ3n) is 3.12. The van der Waals surface area contributed by atoms with Gasteiger partial charge in [-0.2, -0.15) is 0 Å². The van der Waals surface area contributed by atoms with Crippen LogP contribution in [0.3, 0.4) is 0 Å². The number of aryl methyl sites for hydroxylation is 1. The van der Waals surface area contributed by atoms with Crippen LogP contribution in [0.1, 0.15) is 30.9 Å². The number of hydrogen-bond acceptors (Lipinski definition) is 2. The summed E-state index contributed by atoms with van der Waals surface area (Å²) in [5, 5.41) is 0.885. The number of nitrogens with zero attached hydrogens (tertiary/aromatic N) is 2. The van der Waals surface area contributed by atoms with Crippen molar-refractivity contribution in [2.75, 3.05) is 18.0 Å². The summed E-state index contributed by atoms with van der Waals surface area (Å²) in [6.07, 6.45) is 4.77. The first-order chi connectivity index (χ1) is 7.74. The molecule has 1 aromatic rings. The fourth-order valence-electron chi connectivity index (χ4n) is 2.01. The van der Waals surface area contributed by atoms with Crippen molar-refractivity contribution in [1.82, 2.24) is 4.98 Å². The zero-order valence-corrected chi connectivity index (χ0v) is 11.6. The van der Waals surface area contributed by atoms with Crippen LogP contribution < -0.4 is 4.90 Å². The van der Waals surface area contributed by atoms with Gasteiger partial charge in [-0.3, -0.25) is 0 Å². The van der Waals surface area contributed by atoms with Crippen molar-refractivity contribution in [3.63, 3.8) is 0 Å². The van der Waals surface area contributed by atoms with Crippen molar-refractivity contribution < 1.29 is 0 Å². The van der Waals surface area contributed by atoms with Gasteiger partial charge in [0.05, 0.1) is 0 Å². The number of rotatable bonds is 5. The van der Waals surface area contributed by atoms with Crippen molar-refractivity contribution in [2.45, 2.75) is 32.0 Å². The average Bonchev–Trinajstić information content (AvgIpc) is 3.10. The summed E-state index contributed by atoms with van der Waals surface area (Å²) in [5.74, 6) is 2.08. The monoisotopic (exact) mass is 282 g/mol. The lowest BCUT2D eigenvalue weighted by Gasteiger charge is -2.23. The summed E-state index contributed by atoms with van der Waals surface area (Å²) in [4.78, 5) is 7.00. The molecule has 1 heterocycles. The van der Waals surface area contributed by atoms with Gasteiger partial charge in [0.15, 0.2) is 0 Å². The molecular weight excluding hydrogens is 264 g/mol. The van der Waals surface area contributed by atoms with Crippen molar-refractivity contribution in [3.05, 3.63) is 23.4 Å². The van der Waals surface area contributed by atoms with E-state index in [1.807, 2.05) is 6.20 Å². The molecule has 1 fully saturated rings. The lowest BCUT2D eigenvalue weighted by molar-refractivity contribution is 0.729. The largest absolute Gasteiger partial charge is 0.356 e. The van der Waals surface area contributed by atoms with Crippen LogP contribution in [0.5, 0.6) is 0 Å². The van der Waals surface area contributed by atoms with Crippen molar-refractivity contribution in [1.29, 1.82) is 0 Å². The summed E-state index contributed by atoms with van der Waals surface area (Å²) in [7, 11) is 0. The van der Waals surface area contributed by atoms with Crippen molar-refractivity contribution >= 4 is 21.7 Å². The maximum atomic E-state index is 4.60. The maximum absolute atomic E-state index is 4.60. The molecule has 1 aromatic heterocycles. The van der Waals surface area contributed by atoms with Gasteiger partial charge in [-0.25, -0.2) is 4.98 Å². The Hall–Kier alpha value is -0.570. The minimum absolute atomic E-state index is 0.885. The summed E-state index contributed by atoms with van der Waals surface area (Å²) < 4.78 is 0. The first-order valence-electron chi connectivity index (χ1n) is 6.01. The highest BCUT2D eigenvalue weighted by Crippen LogP contribution is 2.31. The molecule has 0 aromatic carbocycles. The van der Waals surface area contributed by atoms with Gasteiger partial charge in [0.2, 0.25) is 0 Å². The number of hydrogen-bond donors (Lipinski definition) is 0. The van der Waals surface area contributed by atoms with Gasteiger partial charge in [0.25, 0.3) is 0 Å². The number of halogens is 1. The molecule has 2 nitrogen and oxygen atoms in total. The summed E-state index contributed by atoms with van der Waals surface area (Å²) in [6, 6.07) is 2.23. The second kappa shape index (κ2) is 5.17. The van der Waals surface area contributed by atoms with Crippen LogP contribution in [0.4, 0.5) is 5.82 Å². The summed E-state index contributed by atoms with van der Waals surface area (Å²) in [6.45, 7) is 6.60. The minimum Gasteiger partial charge on any atom is -0.356 e. The molecule has 1 aliphatic rings. The van der Waals surface area contributed by atoms with Crippen LogP contribution in [0.15, 0.2) is 12.3 Å². The van der Waals surface area contributed by atoms with Gasteiger partial charge >= 0.3 is 0 Å². The third-order valence-corrected chi connectivity index (χ3v) is 3.77. The number of aromatic nitrogens is 1. The van der Waals surface area contributed by atoms with E-state index in [2.05, 4.69) is 45.7 Å². The molecule has 1 aliphatic carbocycles. The number of alkyl halides is 1. The quantitative estimate of drug-likeness (QED) is 0.769. The molecule has 0 aliphatic heterocycles. The zero-order valence-electron chi connectivity index (χ0n) is 10.0. The van der Waals surface area contributed by atoms with Crippen molar-refractivity contribution in [2.24, 2.45) is 5.92 Å². The normalized spacial score (nSPS) is 15.2. The Bertz CT molecular complexity index is 361. The van der Waals surface area contributed by atoms with Crippen LogP contribution in [-0.4, -0.2) is 18.1 Å². The van der Waals surface area contributed by atoms with Gasteiger partial charge in [0.1, 0.15) is 5.82 Å². The second-order valence-electron chi connectivity index (χ2n) is 4.60. The van der Waals surface area contributed by atoms with E-state index in [1.165, 1.54) is 36.3 Å². The van der Waals surface area contributed by atoms with Crippen LogP contribution in [0, 0.1) is 12.8 Å². The van der Waals surface area contributed by atoms with E-state index < -0.39 is 0 Å². The molecule has 0 amide bonds. The van der Waals surface area contributed by atoms with Crippen molar-refractivity contribution in [3.8, 4) is 0 Å². The Morgan fingerprint density at radius 1 is 1.50 bits per heavy atom. The Balaban J connectivity index is 2.15. The molecule has 0 bridgehead atoms. The molecule has 3 heteroatoms. The molecule has 0 saturated heterocycles. The Kier molecular flexibility index (Phi) is 3.85. The predicted octanol–water partition coefficient (Wildman–Crippen LogP) is 3.52. The standard InChI is InChI=1S/C13H19BrN2/c1-3-16(9-11-4-5-11)13-10(2)6-12(7-14)8-15-13/h6,8,11H,3-5,7,9H2,1-2H3. The number of pyridine rings is 1. The minimum atomic E-state index is 0.885. The highest BCUT2D eigenvalue weighted by Gasteiger charge is 2.24. The van der Waals surface area contributed by atoms with Crippen LogP contribution >= 0.6 is 15.9 Å². The second-order valence-corrected chi connectivity index (χ2v) is 5.16. The molecule has 88 valence electrons. The van der Waals surface area contributed by atoms with E-state index in [0.29, 0.717) is 0 Å². The topological polar surface area (TPSA) is 16.1 Å². The van der Waals surface area contributed by atoms with E-state index >= 15 is 0 Å². The maximum Gasteiger partial charge on any atom is 0.131 e.